The molecule has 4 aromatic rings. The SMILES string of the molecule is Cc1ccccc1-c1nc(SCC(=O)Nc2nccs2)c2c(=O)n(C)c(=O)n(C)c2n1. The van der Waals surface area contributed by atoms with Gasteiger partial charge in [-0.15, -0.1) is 11.3 Å². The number of hydrogen-bond donors (Lipinski definition) is 1. The van der Waals surface area contributed by atoms with E-state index in [0.29, 0.717) is 16.0 Å². The third-order valence-corrected chi connectivity index (χ3v) is 6.34. The predicted octanol–water partition coefficient (Wildman–Crippen LogP) is 2.19. The van der Waals surface area contributed by atoms with Crippen molar-refractivity contribution < 1.29 is 4.79 Å². The van der Waals surface area contributed by atoms with Gasteiger partial charge in [0, 0.05) is 31.2 Å². The van der Waals surface area contributed by atoms with Gasteiger partial charge in [0.25, 0.3) is 5.56 Å². The quantitative estimate of drug-likeness (QED) is 0.363. The van der Waals surface area contributed by atoms with Crippen LogP contribution in [0.4, 0.5) is 5.13 Å². The van der Waals surface area contributed by atoms with Gasteiger partial charge >= 0.3 is 5.69 Å². The Kier molecular flexibility index (Phi) is 5.70. The molecular weight excluding hydrogens is 436 g/mol. The number of hydrogen-bond acceptors (Lipinski definition) is 8. The number of carbonyl (C=O) groups is 1. The van der Waals surface area contributed by atoms with Gasteiger partial charge < -0.3 is 5.32 Å². The summed E-state index contributed by atoms with van der Waals surface area (Å²) >= 11 is 2.43. The largest absolute Gasteiger partial charge is 0.332 e. The molecule has 0 fully saturated rings. The van der Waals surface area contributed by atoms with Gasteiger partial charge in [-0.25, -0.2) is 19.7 Å². The Balaban J connectivity index is 1.83. The first-order chi connectivity index (χ1) is 14.9. The summed E-state index contributed by atoms with van der Waals surface area (Å²) in [7, 11) is 2.96. The molecule has 158 valence electrons. The summed E-state index contributed by atoms with van der Waals surface area (Å²) in [4.78, 5) is 50.9. The van der Waals surface area contributed by atoms with Crippen LogP contribution in [0, 0.1) is 6.92 Å². The topological polar surface area (TPSA) is 112 Å². The Bertz CT molecular complexity index is 1410. The zero-order chi connectivity index (χ0) is 22.1. The number of nitrogens with one attached hydrogen (secondary N) is 1. The zero-order valence-electron chi connectivity index (χ0n) is 16.9. The van der Waals surface area contributed by atoms with E-state index in [1.54, 1.807) is 18.6 Å². The molecule has 11 heteroatoms. The summed E-state index contributed by atoms with van der Waals surface area (Å²) < 4.78 is 2.33. The van der Waals surface area contributed by atoms with Crippen LogP contribution in [0.15, 0.2) is 50.5 Å². The summed E-state index contributed by atoms with van der Waals surface area (Å²) in [5.41, 5.74) is 0.977. The van der Waals surface area contributed by atoms with Gasteiger partial charge in [0.05, 0.1) is 5.75 Å². The molecule has 0 radical (unpaired) electrons. The van der Waals surface area contributed by atoms with Crippen LogP contribution in [0.2, 0.25) is 0 Å². The van der Waals surface area contributed by atoms with Gasteiger partial charge in [-0.05, 0) is 12.5 Å². The lowest BCUT2D eigenvalue weighted by atomic mass is 10.1. The van der Waals surface area contributed by atoms with Crippen LogP contribution in [0.1, 0.15) is 5.56 Å². The molecule has 0 bridgehead atoms. The van der Waals surface area contributed by atoms with E-state index in [2.05, 4.69) is 20.3 Å². The van der Waals surface area contributed by atoms with E-state index in [-0.39, 0.29) is 22.7 Å². The van der Waals surface area contributed by atoms with Crippen LogP contribution >= 0.6 is 23.1 Å². The Labute approximate surface area is 184 Å². The highest BCUT2D eigenvalue weighted by Gasteiger charge is 2.19. The van der Waals surface area contributed by atoms with Gasteiger partial charge in [0.1, 0.15) is 10.4 Å². The Hall–Kier alpha value is -3.31. The smallest absolute Gasteiger partial charge is 0.301 e. The van der Waals surface area contributed by atoms with Crippen molar-refractivity contribution in [3.05, 3.63) is 62.2 Å². The van der Waals surface area contributed by atoms with Crippen molar-refractivity contribution in [2.24, 2.45) is 14.1 Å². The van der Waals surface area contributed by atoms with Crippen LogP contribution in [0.3, 0.4) is 0 Å². The van der Waals surface area contributed by atoms with Gasteiger partial charge in [-0.1, -0.05) is 36.0 Å². The number of thioether (sulfide) groups is 1. The number of fused-ring (bicyclic) bond motifs is 1. The lowest BCUT2D eigenvalue weighted by Crippen LogP contribution is -2.37. The summed E-state index contributed by atoms with van der Waals surface area (Å²) in [5, 5.41) is 5.51. The maximum atomic E-state index is 12.9. The van der Waals surface area contributed by atoms with E-state index in [4.69, 9.17) is 0 Å². The average molecular weight is 455 g/mol. The van der Waals surface area contributed by atoms with Crippen molar-refractivity contribution >= 4 is 45.2 Å². The predicted molar refractivity (Wildman–Crippen MR) is 122 cm³/mol. The minimum Gasteiger partial charge on any atom is -0.301 e. The minimum atomic E-state index is -0.503. The van der Waals surface area contributed by atoms with Crippen LogP contribution in [0.5, 0.6) is 0 Å². The van der Waals surface area contributed by atoms with Crippen LogP contribution in [-0.4, -0.2) is 35.7 Å². The second kappa shape index (κ2) is 8.44. The number of nitrogens with zero attached hydrogens (tertiary/aromatic N) is 5. The first kappa shape index (κ1) is 20.9. The van der Waals surface area contributed by atoms with E-state index in [9.17, 15) is 14.4 Å². The molecule has 0 atom stereocenters. The van der Waals surface area contributed by atoms with E-state index >= 15 is 0 Å². The zero-order valence-corrected chi connectivity index (χ0v) is 18.6. The molecule has 1 N–H and O–H groups in total. The Morgan fingerprint density at radius 3 is 2.65 bits per heavy atom. The van der Waals surface area contributed by atoms with Crippen molar-refractivity contribution in [2.75, 3.05) is 11.1 Å². The van der Waals surface area contributed by atoms with Gasteiger partial charge in [-0.3, -0.25) is 18.7 Å². The fourth-order valence-electron chi connectivity index (χ4n) is 3.05. The Morgan fingerprint density at radius 2 is 1.94 bits per heavy atom. The molecule has 1 amide bonds. The van der Waals surface area contributed by atoms with E-state index < -0.39 is 11.2 Å². The fraction of sp³-hybridized carbons (Fsp3) is 0.200. The molecule has 9 nitrogen and oxygen atoms in total. The highest BCUT2D eigenvalue weighted by Crippen LogP contribution is 2.27. The molecule has 0 saturated heterocycles. The minimum absolute atomic E-state index is 0.0188. The number of benzene rings is 1. The summed E-state index contributed by atoms with van der Waals surface area (Å²) in [6, 6.07) is 7.58. The van der Waals surface area contributed by atoms with E-state index in [0.717, 1.165) is 27.5 Å². The highest BCUT2D eigenvalue weighted by atomic mass is 32.2. The monoisotopic (exact) mass is 454 g/mol. The number of aromatic nitrogens is 5. The summed E-state index contributed by atoms with van der Waals surface area (Å²) in [6.07, 6.45) is 1.60. The fourth-order valence-corrected chi connectivity index (χ4v) is 4.41. The van der Waals surface area contributed by atoms with Crippen molar-refractivity contribution in [3.8, 4) is 11.4 Å². The van der Waals surface area contributed by atoms with Crippen LogP contribution in [0.25, 0.3) is 22.4 Å². The molecule has 0 saturated carbocycles. The molecule has 0 aliphatic rings. The molecular formula is C20H18N6O3S2. The van der Waals surface area contributed by atoms with Gasteiger partial charge in [0.2, 0.25) is 5.91 Å². The second-order valence-electron chi connectivity index (χ2n) is 6.75. The summed E-state index contributed by atoms with van der Waals surface area (Å²) in [6.45, 7) is 1.93. The van der Waals surface area contributed by atoms with Gasteiger partial charge in [0.15, 0.2) is 16.6 Å². The van der Waals surface area contributed by atoms with Crippen LogP contribution in [-0.2, 0) is 18.9 Å². The Morgan fingerprint density at radius 1 is 1.16 bits per heavy atom. The van der Waals surface area contributed by atoms with Crippen molar-refractivity contribution in [3.63, 3.8) is 0 Å². The summed E-state index contributed by atoms with van der Waals surface area (Å²) in [5.74, 6) is 0.132. The normalized spacial score (nSPS) is 11.1. The molecule has 31 heavy (non-hydrogen) atoms. The molecule has 0 unspecified atom stereocenters. The van der Waals surface area contributed by atoms with E-state index in [1.165, 1.54) is 23.0 Å². The maximum absolute atomic E-state index is 12.9. The molecule has 3 heterocycles. The standard InChI is InChI=1S/C20H18N6O3S2/c1-11-6-4-5-7-12(11)15-23-16-14(18(28)26(3)20(29)25(16)2)17(24-15)31-10-13(27)22-19-21-8-9-30-19/h4-9H,10H2,1-3H3,(H,21,22,27). The number of thiazole rings is 1. The molecule has 0 aliphatic carbocycles. The third-order valence-electron chi connectivity index (χ3n) is 4.67. The molecule has 0 spiro atoms. The number of aryl methyl sites for hydroxylation is 2. The highest BCUT2D eigenvalue weighted by molar-refractivity contribution is 8.00. The lowest BCUT2D eigenvalue weighted by Gasteiger charge is -2.12. The number of amides is 1. The molecule has 1 aromatic carbocycles. The molecule has 3 aromatic heterocycles. The maximum Gasteiger partial charge on any atom is 0.332 e. The third kappa shape index (κ3) is 4.01. The second-order valence-corrected chi connectivity index (χ2v) is 8.60. The number of carbonyl (C=O) groups excluding carboxylic acids is 1. The van der Waals surface area contributed by atoms with E-state index in [1.807, 2.05) is 31.2 Å². The van der Waals surface area contributed by atoms with Crippen molar-refractivity contribution in [2.45, 2.75) is 11.9 Å². The first-order valence-electron chi connectivity index (χ1n) is 9.22. The first-order valence-corrected chi connectivity index (χ1v) is 11.1. The van der Waals surface area contributed by atoms with Gasteiger partial charge in [-0.2, -0.15) is 0 Å². The number of anilines is 1. The number of rotatable bonds is 5. The molecule has 0 aliphatic heterocycles. The average Bonchev–Trinajstić information content (AvgIpc) is 3.27. The van der Waals surface area contributed by atoms with Crippen LogP contribution < -0.4 is 16.6 Å². The van der Waals surface area contributed by atoms with Crippen molar-refractivity contribution in [1.82, 2.24) is 24.1 Å². The van der Waals surface area contributed by atoms with Crippen molar-refractivity contribution in [1.29, 1.82) is 0 Å². The lowest BCUT2D eigenvalue weighted by molar-refractivity contribution is -0.113. The molecule has 4 rings (SSSR count).